The molecule has 2 aromatic heterocycles. The topological polar surface area (TPSA) is 55.0 Å². The van der Waals surface area contributed by atoms with Crippen molar-refractivity contribution in [2.75, 3.05) is 17.2 Å². The van der Waals surface area contributed by atoms with Crippen LogP contribution in [0.5, 0.6) is 0 Å². The molecule has 0 saturated heterocycles. The number of aromatic nitrogens is 2. The van der Waals surface area contributed by atoms with Crippen molar-refractivity contribution in [3.8, 4) is 0 Å². The van der Waals surface area contributed by atoms with E-state index in [1.807, 2.05) is 31.3 Å². The van der Waals surface area contributed by atoms with Crippen LogP contribution >= 0.6 is 0 Å². The summed E-state index contributed by atoms with van der Waals surface area (Å²) in [6, 6.07) is 5.97. The second-order valence-electron chi connectivity index (χ2n) is 4.30. The molecule has 0 aliphatic rings. The van der Waals surface area contributed by atoms with Crippen molar-refractivity contribution in [1.82, 2.24) is 9.97 Å². The Labute approximate surface area is 107 Å². The van der Waals surface area contributed by atoms with E-state index in [1.165, 1.54) is 5.56 Å². The molecule has 0 bridgehead atoms. The van der Waals surface area contributed by atoms with Gasteiger partial charge < -0.3 is 10.6 Å². The normalized spacial score (nSPS) is 10.3. The van der Waals surface area contributed by atoms with E-state index in [2.05, 4.69) is 21.8 Å². The van der Waals surface area contributed by atoms with E-state index in [1.54, 1.807) is 12.4 Å². The first-order valence-corrected chi connectivity index (χ1v) is 6.06. The van der Waals surface area contributed by atoms with Crippen LogP contribution in [-0.2, 0) is 6.54 Å². The number of aryl methyl sites for hydroxylation is 1. The molecule has 2 heterocycles. The quantitative estimate of drug-likeness (QED) is 0.894. The zero-order chi connectivity index (χ0) is 13.0. The molecule has 4 heteroatoms. The lowest BCUT2D eigenvalue weighted by Crippen LogP contribution is -2.24. The molecule has 0 amide bonds. The smallest absolute Gasteiger partial charge is 0.152 e. The summed E-state index contributed by atoms with van der Waals surface area (Å²) in [5, 5.41) is 0. The molecule has 0 atom stereocenters. The average molecular weight is 242 g/mol. The minimum Gasteiger partial charge on any atom is -0.396 e. The molecule has 2 aromatic rings. The summed E-state index contributed by atoms with van der Waals surface area (Å²) in [6.07, 6.45) is 5.45. The first-order chi connectivity index (χ1) is 8.70. The zero-order valence-corrected chi connectivity index (χ0v) is 10.8. The number of hydrogen-bond donors (Lipinski definition) is 1. The van der Waals surface area contributed by atoms with Gasteiger partial charge in [-0.05, 0) is 43.2 Å². The molecule has 0 fully saturated rings. The highest BCUT2D eigenvalue weighted by molar-refractivity contribution is 5.63. The highest BCUT2D eigenvalue weighted by atomic mass is 15.2. The van der Waals surface area contributed by atoms with Gasteiger partial charge >= 0.3 is 0 Å². The Bertz CT molecular complexity index is 510. The van der Waals surface area contributed by atoms with Crippen LogP contribution in [0.3, 0.4) is 0 Å². The van der Waals surface area contributed by atoms with Gasteiger partial charge in [-0.1, -0.05) is 0 Å². The number of nitrogens with zero attached hydrogens (tertiary/aromatic N) is 3. The fourth-order valence-electron chi connectivity index (χ4n) is 1.89. The number of nitrogen functional groups attached to an aromatic ring is 1. The van der Waals surface area contributed by atoms with Gasteiger partial charge in [0.05, 0.1) is 5.69 Å². The van der Waals surface area contributed by atoms with Crippen LogP contribution in [0, 0.1) is 6.92 Å². The molecule has 0 aliphatic heterocycles. The van der Waals surface area contributed by atoms with Gasteiger partial charge in [-0.3, -0.25) is 4.98 Å². The van der Waals surface area contributed by atoms with E-state index in [0.29, 0.717) is 0 Å². The van der Waals surface area contributed by atoms with Crippen LogP contribution < -0.4 is 10.6 Å². The summed E-state index contributed by atoms with van der Waals surface area (Å²) >= 11 is 0. The third-order valence-corrected chi connectivity index (χ3v) is 2.84. The molecule has 18 heavy (non-hydrogen) atoms. The lowest BCUT2D eigenvalue weighted by atomic mass is 10.2. The van der Waals surface area contributed by atoms with Crippen LogP contribution in [0.15, 0.2) is 36.8 Å². The molecule has 0 saturated carbocycles. The first-order valence-electron chi connectivity index (χ1n) is 6.06. The number of rotatable bonds is 4. The Morgan fingerprint density at radius 1 is 1.28 bits per heavy atom. The summed E-state index contributed by atoms with van der Waals surface area (Å²) in [6.45, 7) is 5.75. The second-order valence-corrected chi connectivity index (χ2v) is 4.30. The van der Waals surface area contributed by atoms with E-state index >= 15 is 0 Å². The maximum absolute atomic E-state index is 6.03. The number of pyridine rings is 2. The van der Waals surface area contributed by atoms with Gasteiger partial charge in [-0.25, -0.2) is 4.98 Å². The predicted octanol–water partition coefficient (Wildman–Crippen LogP) is 2.39. The van der Waals surface area contributed by atoms with Crippen molar-refractivity contribution in [1.29, 1.82) is 0 Å². The monoisotopic (exact) mass is 242 g/mol. The first kappa shape index (κ1) is 12.4. The molecule has 2 N–H and O–H groups in total. The Morgan fingerprint density at radius 3 is 2.61 bits per heavy atom. The van der Waals surface area contributed by atoms with Crippen LogP contribution in [0.2, 0.25) is 0 Å². The Hall–Kier alpha value is -2.10. The van der Waals surface area contributed by atoms with E-state index in [4.69, 9.17) is 5.73 Å². The predicted molar refractivity (Wildman–Crippen MR) is 74.3 cm³/mol. The third kappa shape index (κ3) is 2.77. The van der Waals surface area contributed by atoms with Crippen molar-refractivity contribution in [3.05, 3.63) is 47.9 Å². The average Bonchev–Trinajstić information content (AvgIpc) is 2.38. The lowest BCUT2D eigenvalue weighted by Gasteiger charge is -2.23. The van der Waals surface area contributed by atoms with Crippen molar-refractivity contribution in [3.63, 3.8) is 0 Å². The van der Waals surface area contributed by atoms with E-state index in [0.717, 1.165) is 30.2 Å². The van der Waals surface area contributed by atoms with Gasteiger partial charge in [0.1, 0.15) is 0 Å². The summed E-state index contributed by atoms with van der Waals surface area (Å²) in [5.74, 6) is 0.847. The molecular formula is C14H18N4. The van der Waals surface area contributed by atoms with Crippen molar-refractivity contribution in [2.24, 2.45) is 0 Å². The minimum absolute atomic E-state index is 0.728. The Morgan fingerprint density at radius 2 is 2.00 bits per heavy atom. The second kappa shape index (κ2) is 5.49. The van der Waals surface area contributed by atoms with Crippen LogP contribution in [0.25, 0.3) is 0 Å². The zero-order valence-electron chi connectivity index (χ0n) is 10.8. The van der Waals surface area contributed by atoms with Gasteiger partial charge in [0, 0.05) is 31.7 Å². The molecular weight excluding hydrogens is 224 g/mol. The number of hydrogen-bond acceptors (Lipinski definition) is 4. The SMILES string of the molecule is CCN(Cc1ccncc1)c1ncc(C)cc1N. The van der Waals surface area contributed by atoms with E-state index in [-0.39, 0.29) is 0 Å². The lowest BCUT2D eigenvalue weighted by molar-refractivity contribution is 0.813. The van der Waals surface area contributed by atoms with Gasteiger partial charge in [0.2, 0.25) is 0 Å². The van der Waals surface area contributed by atoms with Gasteiger partial charge in [0.15, 0.2) is 5.82 Å². The van der Waals surface area contributed by atoms with Crippen molar-refractivity contribution in [2.45, 2.75) is 20.4 Å². The van der Waals surface area contributed by atoms with E-state index < -0.39 is 0 Å². The van der Waals surface area contributed by atoms with Crippen LogP contribution in [0.1, 0.15) is 18.1 Å². The maximum atomic E-state index is 6.03. The molecule has 4 nitrogen and oxygen atoms in total. The number of anilines is 2. The van der Waals surface area contributed by atoms with Gasteiger partial charge in [-0.15, -0.1) is 0 Å². The minimum atomic E-state index is 0.728. The third-order valence-electron chi connectivity index (χ3n) is 2.84. The van der Waals surface area contributed by atoms with Gasteiger partial charge in [0.25, 0.3) is 0 Å². The Balaban J connectivity index is 2.23. The number of nitrogens with two attached hydrogens (primary N) is 1. The fourth-order valence-corrected chi connectivity index (χ4v) is 1.89. The van der Waals surface area contributed by atoms with Gasteiger partial charge in [-0.2, -0.15) is 0 Å². The van der Waals surface area contributed by atoms with Crippen LogP contribution in [0.4, 0.5) is 11.5 Å². The standard InChI is InChI=1S/C14H18N4/c1-3-18(10-12-4-6-16-7-5-12)14-13(15)8-11(2)9-17-14/h4-9H,3,10,15H2,1-2H3. The highest BCUT2D eigenvalue weighted by Crippen LogP contribution is 2.22. The van der Waals surface area contributed by atoms with Crippen LogP contribution in [-0.4, -0.2) is 16.5 Å². The summed E-state index contributed by atoms with van der Waals surface area (Å²) in [4.78, 5) is 10.6. The molecule has 0 radical (unpaired) electrons. The molecule has 94 valence electrons. The summed E-state index contributed by atoms with van der Waals surface area (Å²) in [7, 11) is 0. The van der Waals surface area contributed by atoms with Crippen molar-refractivity contribution >= 4 is 11.5 Å². The molecule has 0 spiro atoms. The summed E-state index contributed by atoms with van der Waals surface area (Å²) in [5.41, 5.74) is 9.04. The largest absolute Gasteiger partial charge is 0.396 e. The summed E-state index contributed by atoms with van der Waals surface area (Å²) < 4.78 is 0. The molecule has 2 rings (SSSR count). The molecule has 0 aromatic carbocycles. The van der Waals surface area contributed by atoms with E-state index in [9.17, 15) is 0 Å². The Kier molecular flexibility index (Phi) is 3.77. The fraction of sp³-hybridized carbons (Fsp3) is 0.286. The maximum Gasteiger partial charge on any atom is 0.152 e. The molecule has 0 unspecified atom stereocenters. The van der Waals surface area contributed by atoms with Crippen molar-refractivity contribution < 1.29 is 0 Å². The molecule has 0 aliphatic carbocycles. The highest BCUT2D eigenvalue weighted by Gasteiger charge is 2.10.